The largest absolute Gasteiger partial charge is 0.416 e. The number of alkyl halides is 3. The van der Waals surface area contributed by atoms with Crippen molar-refractivity contribution in [3.05, 3.63) is 53.4 Å². The Kier molecular flexibility index (Phi) is 4.53. The van der Waals surface area contributed by atoms with E-state index in [9.17, 15) is 28.2 Å². The topological polar surface area (TPSA) is 95.6 Å². The molecule has 1 saturated carbocycles. The molecule has 25 heavy (non-hydrogen) atoms. The van der Waals surface area contributed by atoms with Crippen LogP contribution in [0.2, 0.25) is 0 Å². The number of carbonyl (C=O) groups is 1. The van der Waals surface area contributed by atoms with Gasteiger partial charge in [-0.3, -0.25) is 4.79 Å². The zero-order chi connectivity index (χ0) is 18.2. The summed E-state index contributed by atoms with van der Waals surface area (Å²) in [5, 5.41) is 26.0. The number of halogens is 3. The van der Waals surface area contributed by atoms with Gasteiger partial charge in [-0.15, -0.1) is 0 Å². The first-order valence-electron chi connectivity index (χ1n) is 7.52. The molecule has 6 nitrogen and oxygen atoms in total. The van der Waals surface area contributed by atoms with Gasteiger partial charge in [0.15, 0.2) is 0 Å². The van der Waals surface area contributed by atoms with Gasteiger partial charge >= 0.3 is 6.18 Å². The number of carbonyl (C=O) groups excluding carboxylic acids is 1. The summed E-state index contributed by atoms with van der Waals surface area (Å²) in [7, 11) is 0. The van der Waals surface area contributed by atoms with Crippen molar-refractivity contribution in [1.29, 1.82) is 0 Å². The van der Waals surface area contributed by atoms with Crippen LogP contribution in [0, 0.1) is 0 Å². The average molecular weight is 356 g/mol. The van der Waals surface area contributed by atoms with Crippen LogP contribution in [0.1, 0.15) is 34.0 Å². The van der Waals surface area contributed by atoms with Crippen LogP contribution in [0.5, 0.6) is 0 Å². The van der Waals surface area contributed by atoms with E-state index in [4.69, 9.17) is 4.52 Å². The number of benzene rings is 1. The van der Waals surface area contributed by atoms with Crippen LogP contribution in [-0.2, 0) is 6.18 Å². The Morgan fingerprint density at radius 3 is 2.44 bits per heavy atom. The van der Waals surface area contributed by atoms with Gasteiger partial charge in [0, 0.05) is 12.0 Å². The van der Waals surface area contributed by atoms with Gasteiger partial charge in [0.05, 0.1) is 23.9 Å². The first kappa shape index (κ1) is 17.4. The molecule has 1 aliphatic carbocycles. The molecule has 134 valence electrons. The lowest BCUT2D eigenvalue weighted by atomic mass is 9.92. The zero-order valence-electron chi connectivity index (χ0n) is 12.8. The number of hydrogen-bond acceptors (Lipinski definition) is 5. The number of aliphatic hydroxyl groups excluding tert-OH is 2. The minimum absolute atomic E-state index is 0.0697. The molecule has 3 N–H and O–H groups in total. The third-order valence-electron chi connectivity index (χ3n) is 4.32. The number of nitrogens with one attached hydrogen (secondary N) is 1. The van der Waals surface area contributed by atoms with Crippen molar-refractivity contribution in [2.45, 2.75) is 36.8 Å². The summed E-state index contributed by atoms with van der Waals surface area (Å²) in [6.07, 6.45) is -5.42. The summed E-state index contributed by atoms with van der Waals surface area (Å²) in [6.45, 7) is 0. The SMILES string of the molecule is O=C(NC1C(c2ccc(C(F)(F)F)cc2)CC(O)C1O)c1ccno1. The second kappa shape index (κ2) is 6.49. The Morgan fingerprint density at radius 2 is 1.88 bits per heavy atom. The zero-order valence-corrected chi connectivity index (χ0v) is 12.8. The Hall–Kier alpha value is -2.39. The maximum Gasteiger partial charge on any atom is 0.416 e. The molecule has 1 aromatic heterocycles. The molecule has 0 aliphatic heterocycles. The maximum atomic E-state index is 12.7. The normalized spacial score (nSPS) is 26.6. The van der Waals surface area contributed by atoms with E-state index < -0.39 is 41.8 Å². The molecule has 1 heterocycles. The number of nitrogens with zero attached hydrogens (tertiary/aromatic N) is 1. The second-order valence-corrected chi connectivity index (χ2v) is 5.90. The Morgan fingerprint density at radius 1 is 1.20 bits per heavy atom. The molecule has 1 aromatic carbocycles. The average Bonchev–Trinajstić information content (AvgIpc) is 3.18. The molecular weight excluding hydrogens is 341 g/mol. The van der Waals surface area contributed by atoms with E-state index in [1.807, 2.05) is 0 Å². The maximum absolute atomic E-state index is 12.7. The number of aromatic nitrogens is 1. The number of hydrogen-bond donors (Lipinski definition) is 3. The summed E-state index contributed by atoms with van der Waals surface area (Å²) >= 11 is 0. The van der Waals surface area contributed by atoms with Gasteiger partial charge in [-0.2, -0.15) is 13.2 Å². The molecule has 2 aromatic rings. The van der Waals surface area contributed by atoms with E-state index in [-0.39, 0.29) is 12.2 Å². The lowest BCUT2D eigenvalue weighted by molar-refractivity contribution is -0.137. The highest BCUT2D eigenvalue weighted by molar-refractivity contribution is 5.91. The van der Waals surface area contributed by atoms with E-state index in [0.29, 0.717) is 5.56 Å². The third kappa shape index (κ3) is 3.52. The number of amides is 1. The monoisotopic (exact) mass is 356 g/mol. The summed E-state index contributed by atoms with van der Waals surface area (Å²) < 4.78 is 42.8. The summed E-state index contributed by atoms with van der Waals surface area (Å²) in [5.41, 5.74) is -0.316. The van der Waals surface area contributed by atoms with E-state index >= 15 is 0 Å². The molecule has 1 aliphatic rings. The van der Waals surface area contributed by atoms with Crippen LogP contribution in [0.15, 0.2) is 41.1 Å². The number of aliphatic hydroxyl groups is 2. The van der Waals surface area contributed by atoms with Crippen molar-refractivity contribution >= 4 is 5.91 Å². The molecule has 3 rings (SSSR count). The van der Waals surface area contributed by atoms with E-state index in [2.05, 4.69) is 10.5 Å². The highest BCUT2D eigenvalue weighted by atomic mass is 19.4. The first-order chi connectivity index (χ1) is 11.8. The fourth-order valence-corrected chi connectivity index (χ4v) is 3.03. The fourth-order valence-electron chi connectivity index (χ4n) is 3.03. The summed E-state index contributed by atoms with van der Waals surface area (Å²) in [5.74, 6) is -1.24. The predicted octanol–water partition coefficient (Wildman–Crippen LogP) is 1.70. The molecule has 1 fully saturated rings. The Bertz CT molecular complexity index is 731. The molecule has 0 radical (unpaired) electrons. The van der Waals surface area contributed by atoms with Crippen molar-refractivity contribution in [2.75, 3.05) is 0 Å². The van der Waals surface area contributed by atoms with Crippen LogP contribution in [0.3, 0.4) is 0 Å². The highest BCUT2D eigenvalue weighted by Crippen LogP contribution is 2.37. The lowest BCUT2D eigenvalue weighted by Gasteiger charge is -2.23. The van der Waals surface area contributed by atoms with Gasteiger partial charge in [-0.05, 0) is 24.1 Å². The van der Waals surface area contributed by atoms with Crippen molar-refractivity contribution < 1.29 is 32.7 Å². The van der Waals surface area contributed by atoms with Crippen LogP contribution in [-0.4, -0.2) is 39.5 Å². The standard InChI is InChI=1S/C16H15F3N2O4/c17-16(18,19)9-3-1-8(2-4-9)10-7-11(22)14(23)13(10)21-15(24)12-5-6-20-25-12/h1-6,10-11,13-14,22-23H,7H2,(H,21,24). The van der Waals surface area contributed by atoms with Gasteiger partial charge in [0.1, 0.15) is 6.10 Å². The van der Waals surface area contributed by atoms with Gasteiger partial charge in [0.25, 0.3) is 5.91 Å². The summed E-state index contributed by atoms with van der Waals surface area (Å²) in [6, 6.07) is 4.89. The second-order valence-electron chi connectivity index (χ2n) is 5.90. The third-order valence-corrected chi connectivity index (χ3v) is 4.32. The Labute approximate surface area is 140 Å². The van der Waals surface area contributed by atoms with E-state index in [1.54, 1.807) is 0 Å². The van der Waals surface area contributed by atoms with Crippen LogP contribution >= 0.6 is 0 Å². The van der Waals surface area contributed by atoms with E-state index in [0.717, 1.165) is 12.1 Å². The van der Waals surface area contributed by atoms with Crippen molar-refractivity contribution in [3.63, 3.8) is 0 Å². The van der Waals surface area contributed by atoms with Gasteiger partial charge < -0.3 is 20.1 Å². The van der Waals surface area contributed by atoms with Crippen LogP contribution in [0.4, 0.5) is 13.2 Å². The molecule has 1 amide bonds. The first-order valence-corrected chi connectivity index (χ1v) is 7.52. The molecular formula is C16H15F3N2O4. The minimum Gasteiger partial charge on any atom is -0.390 e. The molecule has 4 atom stereocenters. The minimum atomic E-state index is -4.45. The Balaban J connectivity index is 1.82. The molecule has 9 heteroatoms. The predicted molar refractivity (Wildman–Crippen MR) is 78.6 cm³/mol. The molecule has 0 bridgehead atoms. The molecule has 0 spiro atoms. The summed E-state index contributed by atoms with van der Waals surface area (Å²) in [4.78, 5) is 12.1. The van der Waals surface area contributed by atoms with Crippen LogP contribution in [0.25, 0.3) is 0 Å². The lowest BCUT2D eigenvalue weighted by Crippen LogP contribution is -2.45. The van der Waals surface area contributed by atoms with Crippen molar-refractivity contribution in [1.82, 2.24) is 10.5 Å². The molecule has 0 saturated heterocycles. The van der Waals surface area contributed by atoms with Gasteiger partial charge in [-0.25, -0.2) is 0 Å². The smallest absolute Gasteiger partial charge is 0.390 e. The molecule has 4 unspecified atom stereocenters. The fraction of sp³-hybridized carbons (Fsp3) is 0.375. The quantitative estimate of drug-likeness (QED) is 0.778. The van der Waals surface area contributed by atoms with Crippen molar-refractivity contribution in [2.24, 2.45) is 0 Å². The van der Waals surface area contributed by atoms with Gasteiger partial charge in [0.2, 0.25) is 5.76 Å². The van der Waals surface area contributed by atoms with Crippen LogP contribution < -0.4 is 5.32 Å². The van der Waals surface area contributed by atoms with Crippen molar-refractivity contribution in [3.8, 4) is 0 Å². The number of rotatable bonds is 3. The van der Waals surface area contributed by atoms with E-state index in [1.165, 1.54) is 24.4 Å². The highest BCUT2D eigenvalue weighted by Gasteiger charge is 2.43. The van der Waals surface area contributed by atoms with Gasteiger partial charge in [-0.1, -0.05) is 17.3 Å².